The second-order valence-corrected chi connectivity index (χ2v) is 25.8. The number of likely N-dealkylation sites (N-methyl/N-ethyl adjacent to an activating group) is 1. The number of carbonyl (C=O) groups is 3. The summed E-state index contributed by atoms with van der Waals surface area (Å²) < 4.78 is 23.0. The zero-order valence-corrected chi connectivity index (χ0v) is 61.3. The number of nitrogens with zero attached hydrogens (tertiary/aromatic N) is 1. The zero-order valence-electron chi connectivity index (χ0n) is 61.3. The number of ether oxygens (including phenoxy) is 4. The Morgan fingerprint density at radius 3 is 0.842 bits per heavy atom. The Kier molecular flexibility index (Phi) is 69.8. The van der Waals surface area contributed by atoms with Crippen LogP contribution in [0.1, 0.15) is 284 Å². The average Bonchev–Trinajstić information content (AvgIpc) is 3.58. The number of carbonyl (C=O) groups excluding carboxylic acids is 2. The topological polar surface area (TPSA) is 108 Å². The van der Waals surface area contributed by atoms with Crippen LogP contribution in [0.25, 0.3) is 0 Å². The molecular formula is C86H140NO8+. The minimum Gasteiger partial charge on any atom is -0.477 e. The summed E-state index contributed by atoms with van der Waals surface area (Å²) in [5, 5.41) is 9.76. The van der Waals surface area contributed by atoms with Gasteiger partial charge in [-0.15, -0.1) is 0 Å². The van der Waals surface area contributed by atoms with Crippen LogP contribution >= 0.6 is 0 Å². The summed E-state index contributed by atoms with van der Waals surface area (Å²) in [6.45, 7) is 4.62. The van der Waals surface area contributed by atoms with Gasteiger partial charge in [-0.2, -0.15) is 0 Å². The summed E-state index contributed by atoms with van der Waals surface area (Å²) in [6.07, 6.45) is 110. The van der Waals surface area contributed by atoms with Crippen LogP contribution in [0.15, 0.2) is 182 Å². The Labute approximate surface area is 583 Å². The maximum absolute atomic E-state index is 13.0. The van der Waals surface area contributed by atoms with E-state index in [2.05, 4.69) is 196 Å². The molecule has 0 amide bonds. The van der Waals surface area contributed by atoms with E-state index in [-0.39, 0.29) is 38.6 Å². The molecule has 0 aliphatic rings. The average molecular weight is 1320 g/mol. The summed E-state index contributed by atoms with van der Waals surface area (Å²) in [5.41, 5.74) is 0. The first-order valence-corrected chi connectivity index (χ1v) is 37.9. The largest absolute Gasteiger partial charge is 0.477 e. The van der Waals surface area contributed by atoms with Crippen LogP contribution in [0.3, 0.4) is 0 Å². The van der Waals surface area contributed by atoms with E-state index in [4.69, 9.17) is 18.9 Å². The van der Waals surface area contributed by atoms with Gasteiger partial charge < -0.3 is 28.5 Å². The molecule has 2 unspecified atom stereocenters. The van der Waals surface area contributed by atoms with Gasteiger partial charge in [-0.05, 0) is 135 Å². The highest BCUT2D eigenvalue weighted by Crippen LogP contribution is 2.17. The van der Waals surface area contributed by atoms with Gasteiger partial charge in [0.05, 0.1) is 34.4 Å². The normalized spacial score (nSPS) is 13.7. The molecule has 0 spiro atoms. The summed E-state index contributed by atoms with van der Waals surface area (Å²) in [4.78, 5) is 37.7. The molecule has 0 fully saturated rings. The lowest BCUT2D eigenvalue weighted by Crippen LogP contribution is -2.40. The van der Waals surface area contributed by atoms with Gasteiger partial charge in [-0.3, -0.25) is 9.59 Å². The predicted molar refractivity (Wildman–Crippen MR) is 409 cm³/mol. The van der Waals surface area contributed by atoms with Crippen molar-refractivity contribution in [3.05, 3.63) is 182 Å². The second-order valence-electron chi connectivity index (χ2n) is 25.8. The van der Waals surface area contributed by atoms with Gasteiger partial charge in [-0.25, -0.2) is 4.79 Å². The van der Waals surface area contributed by atoms with E-state index in [0.29, 0.717) is 17.4 Å². The quantitative estimate of drug-likeness (QED) is 0.0211. The molecule has 0 aromatic rings. The van der Waals surface area contributed by atoms with Crippen molar-refractivity contribution < 1.29 is 42.9 Å². The van der Waals surface area contributed by atoms with Crippen molar-refractivity contribution >= 4 is 17.9 Å². The molecule has 0 aliphatic heterocycles. The molecule has 0 bridgehead atoms. The third kappa shape index (κ3) is 75.6. The van der Waals surface area contributed by atoms with Gasteiger partial charge in [0.15, 0.2) is 6.10 Å². The van der Waals surface area contributed by atoms with E-state index in [1.807, 2.05) is 21.1 Å². The molecule has 0 aliphatic carbocycles. The van der Waals surface area contributed by atoms with Crippen molar-refractivity contribution in [1.82, 2.24) is 0 Å². The highest BCUT2D eigenvalue weighted by atomic mass is 16.7. The molecule has 0 rings (SSSR count). The maximum atomic E-state index is 13.0. The number of quaternary nitrogens is 1. The molecule has 536 valence electrons. The Morgan fingerprint density at radius 2 is 0.568 bits per heavy atom. The van der Waals surface area contributed by atoms with E-state index >= 15 is 0 Å². The van der Waals surface area contributed by atoms with E-state index < -0.39 is 24.3 Å². The van der Waals surface area contributed by atoms with Crippen LogP contribution in [-0.2, 0) is 33.3 Å². The molecule has 9 heteroatoms. The number of esters is 2. The fourth-order valence-corrected chi connectivity index (χ4v) is 9.95. The van der Waals surface area contributed by atoms with Crippen LogP contribution in [0.5, 0.6) is 0 Å². The van der Waals surface area contributed by atoms with Crippen LogP contribution in [0, 0.1) is 0 Å². The van der Waals surface area contributed by atoms with Gasteiger partial charge >= 0.3 is 17.9 Å². The van der Waals surface area contributed by atoms with Gasteiger partial charge in [0.2, 0.25) is 0 Å². The molecule has 0 aromatic heterocycles. The van der Waals surface area contributed by atoms with Gasteiger partial charge in [0.25, 0.3) is 6.29 Å². The number of carboxylic acid groups (broad SMARTS) is 1. The minimum absolute atomic E-state index is 0.174. The second kappa shape index (κ2) is 74.2. The van der Waals surface area contributed by atoms with Crippen molar-refractivity contribution in [2.75, 3.05) is 47.5 Å². The van der Waals surface area contributed by atoms with E-state index in [0.717, 1.165) is 141 Å². The number of unbranched alkanes of at least 4 members (excludes halogenated alkanes) is 23. The third-order valence-corrected chi connectivity index (χ3v) is 15.7. The standard InChI is InChI=1S/C86H139NO8/c1-6-8-10-12-14-16-18-20-22-24-26-28-30-32-34-36-38-40-42-44-46-48-50-52-54-56-58-60-62-64-66-68-70-72-74-76-83(88)93-80-82(81-94-86(85(90)91)92-79-78-87(3,4)5)95-84(89)77-75-73-71-69-67-65-63-61-59-57-55-53-51-49-47-45-43-41-39-37-35-33-31-29-27-25-23-21-19-17-15-13-11-9-7-2/h8-11,14-17,20-23,26-29,32-35,39,41,45,47,51,53,57,59,63,65,82,86H,6-7,12-13,18-19,24-25,30-31,36-38,40,42-44,46,48-50,52,54-56,58,60-62,64,66-81H2,1-5H3/p+1/b10-8-,11-9-,16-14-,17-15-,22-20-,23-21-,28-26-,29-27-,34-32-,35-33-,41-39-,47-45-,53-51-,59-57-,65-63-. The number of allylic oxidation sites excluding steroid dienone is 30. The molecule has 9 nitrogen and oxygen atoms in total. The van der Waals surface area contributed by atoms with Crippen LogP contribution in [0.4, 0.5) is 0 Å². The fourth-order valence-electron chi connectivity index (χ4n) is 9.95. The summed E-state index contributed by atoms with van der Waals surface area (Å²) >= 11 is 0. The zero-order chi connectivity index (χ0) is 69.0. The van der Waals surface area contributed by atoms with Crippen molar-refractivity contribution in [2.24, 2.45) is 0 Å². The minimum atomic E-state index is -1.53. The Hall–Kier alpha value is -5.61. The Balaban J connectivity index is 4.17. The van der Waals surface area contributed by atoms with Crippen LogP contribution in [0.2, 0.25) is 0 Å². The van der Waals surface area contributed by atoms with Crippen molar-refractivity contribution in [3.63, 3.8) is 0 Å². The fraction of sp³-hybridized carbons (Fsp3) is 0.616. The SMILES string of the molecule is CC/C=C\C/C=C\C/C=C\C/C=C\C/C=C\C/C=C\C/C=C\C/C=C\C/C=C\C/C=C\CCCCCCC(=O)OC(COC(=O)CCCCCCCCCCCCCCCCCCCCC/C=C\C/C=C\C/C=C\C/C=C\C/C=C\CC)COC(OCC[N+](C)(C)C)C(=O)O. The number of hydrogen-bond acceptors (Lipinski definition) is 7. The molecule has 0 aromatic carbocycles. The number of aliphatic carboxylic acids is 1. The van der Waals surface area contributed by atoms with Crippen molar-refractivity contribution in [1.29, 1.82) is 0 Å². The summed E-state index contributed by atoms with van der Waals surface area (Å²) in [7, 11) is 5.96. The summed E-state index contributed by atoms with van der Waals surface area (Å²) in [5.74, 6) is -2.05. The molecule has 2 atom stereocenters. The first kappa shape index (κ1) is 89.4. The predicted octanol–water partition coefficient (Wildman–Crippen LogP) is 24.4. The first-order valence-electron chi connectivity index (χ1n) is 37.9. The molecule has 0 saturated heterocycles. The first-order chi connectivity index (χ1) is 46.6. The van der Waals surface area contributed by atoms with Crippen LogP contribution in [-0.4, -0.2) is 87.4 Å². The van der Waals surface area contributed by atoms with Gasteiger partial charge in [0.1, 0.15) is 13.2 Å². The molecule has 1 N–H and O–H groups in total. The van der Waals surface area contributed by atoms with E-state index in [1.165, 1.54) is 109 Å². The lowest BCUT2D eigenvalue weighted by Gasteiger charge is -2.25. The highest BCUT2D eigenvalue weighted by molar-refractivity contribution is 5.71. The van der Waals surface area contributed by atoms with Gasteiger partial charge in [0, 0.05) is 12.8 Å². The Morgan fingerprint density at radius 1 is 0.316 bits per heavy atom. The monoisotopic (exact) mass is 1320 g/mol. The van der Waals surface area contributed by atoms with Crippen molar-refractivity contribution in [2.45, 2.75) is 296 Å². The number of carboxylic acids is 1. The lowest BCUT2D eigenvalue weighted by atomic mass is 10.0. The number of hydrogen-bond donors (Lipinski definition) is 1. The molecule has 0 heterocycles. The molecule has 95 heavy (non-hydrogen) atoms. The van der Waals surface area contributed by atoms with Crippen molar-refractivity contribution in [3.8, 4) is 0 Å². The lowest BCUT2D eigenvalue weighted by molar-refractivity contribution is -0.870. The molecular weight excluding hydrogens is 1170 g/mol. The maximum Gasteiger partial charge on any atom is 0.361 e. The van der Waals surface area contributed by atoms with E-state index in [1.54, 1.807) is 0 Å². The highest BCUT2D eigenvalue weighted by Gasteiger charge is 2.25. The third-order valence-electron chi connectivity index (χ3n) is 15.7. The smallest absolute Gasteiger partial charge is 0.361 e. The Bertz CT molecular complexity index is 2220. The van der Waals surface area contributed by atoms with Gasteiger partial charge in [-0.1, -0.05) is 318 Å². The number of rotatable bonds is 68. The molecule has 0 saturated carbocycles. The summed E-state index contributed by atoms with van der Waals surface area (Å²) in [6, 6.07) is 0. The van der Waals surface area contributed by atoms with Crippen LogP contribution < -0.4 is 0 Å². The van der Waals surface area contributed by atoms with E-state index in [9.17, 15) is 19.5 Å². The molecule has 0 radical (unpaired) electrons.